The van der Waals surface area contributed by atoms with Gasteiger partial charge < -0.3 is 10.0 Å². The Bertz CT molecular complexity index is 806. The molecule has 0 aliphatic carbocycles. The van der Waals surface area contributed by atoms with E-state index in [0.29, 0.717) is 17.7 Å². The predicted molar refractivity (Wildman–Crippen MR) is 85.2 cm³/mol. The van der Waals surface area contributed by atoms with Gasteiger partial charge in [0.2, 0.25) is 5.91 Å². The molecule has 0 atom stereocenters. The first kappa shape index (κ1) is 15.5. The third kappa shape index (κ3) is 3.05. The molecule has 1 aliphatic heterocycles. The maximum Gasteiger partial charge on any atom is 0.323 e. The highest BCUT2D eigenvalue weighted by Gasteiger charge is 2.26. The molecule has 2 aromatic carbocycles. The average Bonchev–Trinajstić information content (AvgIpc) is 2.52. The van der Waals surface area contributed by atoms with Crippen LogP contribution in [0.15, 0.2) is 36.4 Å². The first-order valence-electron chi connectivity index (χ1n) is 7.06. The van der Waals surface area contributed by atoms with Crippen molar-refractivity contribution in [3.05, 3.63) is 52.8 Å². The van der Waals surface area contributed by atoms with Crippen molar-refractivity contribution in [2.75, 3.05) is 11.4 Å². The number of amides is 1. The SMILES string of the molecule is O=C(O)CN1C(=O)CCc2cc(-c3ccc(Cl)c(F)c3)ccc21. The van der Waals surface area contributed by atoms with Crippen molar-refractivity contribution in [3.8, 4) is 11.1 Å². The number of benzene rings is 2. The van der Waals surface area contributed by atoms with Gasteiger partial charge in [0.05, 0.1) is 5.02 Å². The summed E-state index contributed by atoms with van der Waals surface area (Å²) < 4.78 is 13.6. The molecule has 1 heterocycles. The smallest absolute Gasteiger partial charge is 0.323 e. The standard InChI is InChI=1S/C17H13ClFNO3/c18-13-4-1-11(8-14(13)19)10-2-5-15-12(7-10)3-6-16(21)20(15)9-17(22)23/h1-2,4-5,7-8H,3,6,9H2,(H,22,23). The molecule has 0 spiro atoms. The summed E-state index contributed by atoms with van der Waals surface area (Å²) in [4.78, 5) is 24.1. The molecule has 4 nitrogen and oxygen atoms in total. The van der Waals surface area contributed by atoms with Gasteiger partial charge in [-0.3, -0.25) is 9.59 Å². The number of anilines is 1. The molecule has 1 N–H and O–H groups in total. The van der Waals surface area contributed by atoms with E-state index in [0.717, 1.165) is 11.1 Å². The van der Waals surface area contributed by atoms with Gasteiger partial charge in [-0.15, -0.1) is 0 Å². The van der Waals surface area contributed by atoms with E-state index in [1.807, 2.05) is 6.07 Å². The Morgan fingerprint density at radius 3 is 2.57 bits per heavy atom. The number of halogens is 2. The van der Waals surface area contributed by atoms with E-state index in [-0.39, 0.29) is 23.9 Å². The van der Waals surface area contributed by atoms with Gasteiger partial charge in [-0.25, -0.2) is 4.39 Å². The first-order valence-corrected chi connectivity index (χ1v) is 7.44. The minimum absolute atomic E-state index is 0.0601. The van der Waals surface area contributed by atoms with E-state index in [4.69, 9.17) is 16.7 Å². The van der Waals surface area contributed by atoms with Crippen LogP contribution < -0.4 is 4.90 Å². The summed E-state index contributed by atoms with van der Waals surface area (Å²) in [6, 6.07) is 9.88. The quantitative estimate of drug-likeness (QED) is 0.935. The maximum atomic E-state index is 13.6. The molecule has 2 aromatic rings. The van der Waals surface area contributed by atoms with Crippen molar-refractivity contribution in [2.24, 2.45) is 0 Å². The Kier molecular flexibility index (Phi) is 4.05. The third-order valence-corrected chi connectivity index (χ3v) is 4.13. The van der Waals surface area contributed by atoms with Crippen LogP contribution in [0.25, 0.3) is 11.1 Å². The molecule has 6 heteroatoms. The van der Waals surface area contributed by atoms with Crippen LogP contribution in [0.4, 0.5) is 10.1 Å². The van der Waals surface area contributed by atoms with Crippen LogP contribution >= 0.6 is 11.6 Å². The number of hydrogen-bond donors (Lipinski definition) is 1. The number of carboxylic acids is 1. The fourth-order valence-corrected chi connectivity index (χ4v) is 2.84. The number of aliphatic carboxylic acids is 1. The van der Waals surface area contributed by atoms with Gasteiger partial charge in [0.1, 0.15) is 12.4 Å². The van der Waals surface area contributed by atoms with E-state index in [2.05, 4.69) is 0 Å². The lowest BCUT2D eigenvalue weighted by Crippen LogP contribution is -2.38. The minimum atomic E-state index is -1.06. The van der Waals surface area contributed by atoms with Crippen molar-refractivity contribution >= 4 is 29.2 Å². The second-order valence-corrected chi connectivity index (χ2v) is 5.75. The summed E-state index contributed by atoms with van der Waals surface area (Å²) in [7, 11) is 0. The molecule has 0 bridgehead atoms. The highest BCUT2D eigenvalue weighted by Crippen LogP contribution is 2.33. The molecular weight excluding hydrogens is 321 g/mol. The summed E-state index contributed by atoms with van der Waals surface area (Å²) in [5.74, 6) is -1.76. The van der Waals surface area contributed by atoms with E-state index in [9.17, 15) is 14.0 Å². The molecular formula is C17H13ClFNO3. The molecule has 1 aliphatic rings. The van der Waals surface area contributed by atoms with E-state index in [1.54, 1.807) is 18.2 Å². The highest BCUT2D eigenvalue weighted by molar-refractivity contribution is 6.30. The Morgan fingerprint density at radius 1 is 1.17 bits per heavy atom. The lowest BCUT2D eigenvalue weighted by Gasteiger charge is -2.28. The van der Waals surface area contributed by atoms with Crippen LogP contribution in [-0.4, -0.2) is 23.5 Å². The number of carboxylic acid groups (broad SMARTS) is 1. The van der Waals surface area contributed by atoms with E-state index in [1.165, 1.54) is 17.0 Å². The largest absolute Gasteiger partial charge is 0.480 e. The molecule has 0 radical (unpaired) electrons. The molecule has 23 heavy (non-hydrogen) atoms. The van der Waals surface area contributed by atoms with Crippen LogP contribution in [0.1, 0.15) is 12.0 Å². The summed E-state index contributed by atoms with van der Waals surface area (Å²) in [6.07, 6.45) is 0.799. The number of carbonyl (C=O) groups is 2. The molecule has 3 rings (SSSR count). The molecule has 0 saturated heterocycles. The lowest BCUT2D eigenvalue weighted by atomic mass is 9.96. The van der Waals surface area contributed by atoms with Gasteiger partial charge in [0.15, 0.2) is 0 Å². The van der Waals surface area contributed by atoms with Gasteiger partial charge in [-0.1, -0.05) is 23.7 Å². The molecule has 1 amide bonds. The monoisotopic (exact) mass is 333 g/mol. The zero-order chi connectivity index (χ0) is 16.6. The van der Waals surface area contributed by atoms with Gasteiger partial charge >= 0.3 is 5.97 Å². The van der Waals surface area contributed by atoms with Crippen LogP contribution in [-0.2, 0) is 16.0 Å². The fourth-order valence-electron chi connectivity index (χ4n) is 2.72. The van der Waals surface area contributed by atoms with Crippen LogP contribution in [0.2, 0.25) is 5.02 Å². The first-order chi connectivity index (χ1) is 11.0. The third-order valence-electron chi connectivity index (χ3n) is 3.83. The predicted octanol–water partition coefficient (Wildman–Crippen LogP) is 3.51. The lowest BCUT2D eigenvalue weighted by molar-refractivity contribution is -0.136. The topological polar surface area (TPSA) is 57.6 Å². The maximum absolute atomic E-state index is 13.6. The number of fused-ring (bicyclic) bond motifs is 1. The number of rotatable bonds is 3. The Balaban J connectivity index is 2.00. The van der Waals surface area contributed by atoms with Crippen LogP contribution in [0, 0.1) is 5.82 Å². The van der Waals surface area contributed by atoms with Crippen LogP contribution in [0.5, 0.6) is 0 Å². The van der Waals surface area contributed by atoms with Crippen molar-refractivity contribution in [2.45, 2.75) is 12.8 Å². The van der Waals surface area contributed by atoms with Gasteiger partial charge in [-0.2, -0.15) is 0 Å². The van der Waals surface area contributed by atoms with Crippen molar-refractivity contribution in [3.63, 3.8) is 0 Å². The van der Waals surface area contributed by atoms with E-state index < -0.39 is 11.8 Å². The number of nitrogens with zero attached hydrogens (tertiary/aromatic N) is 1. The van der Waals surface area contributed by atoms with Crippen molar-refractivity contribution in [1.82, 2.24) is 0 Å². The zero-order valence-corrected chi connectivity index (χ0v) is 12.8. The minimum Gasteiger partial charge on any atom is -0.480 e. The zero-order valence-electron chi connectivity index (χ0n) is 12.1. The fraction of sp³-hybridized carbons (Fsp3) is 0.176. The molecule has 0 saturated carbocycles. The second-order valence-electron chi connectivity index (χ2n) is 5.35. The molecule has 118 valence electrons. The average molecular weight is 334 g/mol. The van der Waals surface area contributed by atoms with Crippen molar-refractivity contribution < 1.29 is 19.1 Å². The molecule has 0 aromatic heterocycles. The summed E-state index contributed by atoms with van der Waals surface area (Å²) in [5.41, 5.74) is 2.95. The Labute approximate surface area is 137 Å². The Hall–Kier alpha value is -2.40. The second kappa shape index (κ2) is 6.01. The van der Waals surface area contributed by atoms with Gasteiger partial charge in [-0.05, 0) is 47.4 Å². The summed E-state index contributed by atoms with van der Waals surface area (Å²) in [5, 5.41) is 9.01. The number of aryl methyl sites for hydroxylation is 1. The van der Waals surface area contributed by atoms with Crippen LogP contribution in [0.3, 0.4) is 0 Å². The number of carbonyl (C=O) groups excluding carboxylic acids is 1. The number of hydrogen-bond acceptors (Lipinski definition) is 2. The van der Waals surface area contributed by atoms with Crippen molar-refractivity contribution in [1.29, 1.82) is 0 Å². The molecule has 0 unspecified atom stereocenters. The normalized spacial score (nSPS) is 13.8. The highest BCUT2D eigenvalue weighted by atomic mass is 35.5. The Morgan fingerprint density at radius 2 is 1.87 bits per heavy atom. The van der Waals surface area contributed by atoms with E-state index >= 15 is 0 Å². The molecule has 0 fully saturated rings. The van der Waals surface area contributed by atoms with Gasteiger partial charge in [0, 0.05) is 12.1 Å². The summed E-state index contributed by atoms with van der Waals surface area (Å²) >= 11 is 5.69. The van der Waals surface area contributed by atoms with Gasteiger partial charge in [0.25, 0.3) is 0 Å². The summed E-state index contributed by atoms with van der Waals surface area (Å²) in [6.45, 7) is -0.360.